The standard InChI is InChI=1S/C14H21NO4/c1-17-11-4-5-15(9-11)8-10-6-12(18-2)14(16)13(7-10)19-3/h6-7,11,16H,4-5,8-9H2,1-3H3. The third-order valence-corrected chi connectivity index (χ3v) is 3.51. The van der Waals surface area contributed by atoms with Crippen LogP contribution >= 0.6 is 0 Å². The Morgan fingerprint density at radius 3 is 2.32 bits per heavy atom. The van der Waals surface area contributed by atoms with Gasteiger partial charge in [0.05, 0.1) is 20.3 Å². The van der Waals surface area contributed by atoms with E-state index in [9.17, 15) is 5.11 Å². The largest absolute Gasteiger partial charge is 0.502 e. The fourth-order valence-corrected chi connectivity index (χ4v) is 2.43. The molecule has 0 amide bonds. The van der Waals surface area contributed by atoms with Gasteiger partial charge in [0.2, 0.25) is 5.75 Å². The molecule has 5 nitrogen and oxygen atoms in total. The summed E-state index contributed by atoms with van der Waals surface area (Å²) in [5, 5.41) is 9.87. The molecule has 19 heavy (non-hydrogen) atoms. The molecule has 2 rings (SSSR count). The van der Waals surface area contributed by atoms with Crippen molar-refractivity contribution in [2.24, 2.45) is 0 Å². The number of ether oxygens (including phenoxy) is 3. The maximum Gasteiger partial charge on any atom is 0.200 e. The van der Waals surface area contributed by atoms with E-state index in [1.165, 1.54) is 14.2 Å². The SMILES string of the molecule is COc1cc(CN2CCC(OC)C2)cc(OC)c1O. The minimum atomic E-state index is 0.0462. The van der Waals surface area contributed by atoms with E-state index < -0.39 is 0 Å². The fraction of sp³-hybridized carbons (Fsp3) is 0.571. The first-order valence-corrected chi connectivity index (χ1v) is 6.37. The summed E-state index contributed by atoms with van der Waals surface area (Å²) in [6.07, 6.45) is 1.38. The molecule has 0 spiro atoms. The highest BCUT2D eigenvalue weighted by Gasteiger charge is 2.22. The van der Waals surface area contributed by atoms with Gasteiger partial charge in [0.1, 0.15) is 0 Å². The molecule has 0 aliphatic carbocycles. The zero-order valence-corrected chi connectivity index (χ0v) is 11.7. The van der Waals surface area contributed by atoms with Crippen LogP contribution < -0.4 is 9.47 Å². The zero-order valence-electron chi connectivity index (χ0n) is 11.7. The van der Waals surface area contributed by atoms with Gasteiger partial charge in [0.15, 0.2) is 11.5 Å². The molecule has 1 aliphatic heterocycles. The normalized spacial score (nSPS) is 19.6. The lowest BCUT2D eigenvalue weighted by Gasteiger charge is -2.17. The maximum atomic E-state index is 9.87. The molecule has 1 fully saturated rings. The second-order valence-electron chi connectivity index (χ2n) is 4.73. The van der Waals surface area contributed by atoms with E-state index in [-0.39, 0.29) is 5.75 Å². The third-order valence-electron chi connectivity index (χ3n) is 3.51. The Hall–Kier alpha value is -1.46. The Labute approximate surface area is 113 Å². The van der Waals surface area contributed by atoms with Crippen LogP contribution in [0.15, 0.2) is 12.1 Å². The van der Waals surface area contributed by atoms with Gasteiger partial charge in [0.25, 0.3) is 0 Å². The second-order valence-corrected chi connectivity index (χ2v) is 4.73. The van der Waals surface area contributed by atoms with Crippen LogP contribution in [0.25, 0.3) is 0 Å². The number of hydrogen-bond donors (Lipinski definition) is 1. The van der Waals surface area contributed by atoms with Crippen molar-refractivity contribution in [2.45, 2.75) is 19.1 Å². The third kappa shape index (κ3) is 3.11. The monoisotopic (exact) mass is 267 g/mol. The molecule has 5 heteroatoms. The van der Waals surface area contributed by atoms with E-state index in [2.05, 4.69) is 4.90 Å². The first-order valence-electron chi connectivity index (χ1n) is 6.37. The Kier molecular flexibility index (Phi) is 4.50. The van der Waals surface area contributed by atoms with Crippen LogP contribution in [0.4, 0.5) is 0 Å². The van der Waals surface area contributed by atoms with Gasteiger partial charge in [-0.3, -0.25) is 4.90 Å². The Bertz CT molecular complexity index is 410. The van der Waals surface area contributed by atoms with Crippen molar-refractivity contribution in [1.82, 2.24) is 4.90 Å². The van der Waals surface area contributed by atoms with E-state index in [4.69, 9.17) is 14.2 Å². The molecule has 1 unspecified atom stereocenters. The van der Waals surface area contributed by atoms with Gasteiger partial charge in [-0.2, -0.15) is 0 Å². The fourth-order valence-electron chi connectivity index (χ4n) is 2.43. The lowest BCUT2D eigenvalue weighted by atomic mass is 10.1. The molecule has 0 radical (unpaired) electrons. The highest BCUT2D eigenvalue weighted by molar-refractivity contribution is 5.52. The van der Waals surface area contributed by atoms with Gasteiger partial charge in [-0.1, -0.05) is 0 Å². The summed E-state index contributed by atoms with van der Waals surface area (Å²) in [5.74, 6) is 0.929. The number of rotatable bonds is 5. The van der Waals surface area contributed by atoms with E-state index in [1.54, 1.807) is 7.11 Å². The number of nitrogens with zero attached hydrogens (tertiary/aromatic N) is 1. The molecule has 1 heterocycles. The predicted molar refractivity (Wildman–Crippen MR) is 71.9 cm³/mol. The second kappa shape index (κ2) is 6.12. The van der Waals surface area contributed by atoms with Crippen LogP contribution in [0, 0.1) is 0 Å². The number of methoxy groups -OCH3 is 3. The van der Waals surface area contributed by atoms with E-state index in [0.29, 0.717) is 17.6 Å². The van der Waals surface area contributed by atoms with Crippen LogP contribution in [0.5, 0.6) is 17.2 Å². The molecule has 1 aromatic carbocycles. The minimum Gasteiger partial charge on any atom is -0.502 e. The summed E-state index contributed by atoms with van der Waals surface area (Å²) in [7, 11) is 4.82. The molecule has 1 atom stereocenters. The Morgan fingerprint density at radius 2 is 1.84 bits per heavy atom. The average molecular weight is 267 g/mol. The van der Waals surface area contributed by atoms with E-state index in [1.807, 2.05) is 12.1 Å². The van der Waals surface area contributed by atoms with Crippen molar-refractivity contribution in [1.29, 1.82) is 0 Å². The summed E-state index contributed by atoms with van der Waals surface area (Å²) in [5.41, 5.74) is 1.06. The quantitative estimate of drug-likeness (QED) is 0.878. The van der Waals surface area contributed by atoms with Crippen molar-refractivity contribution in [3.63, 3.8) is 0 Å². The minimum absolute atomic E-state index is 0.0462. The molecule has 0 saturated carbocycles. The Morgan fingerprint density at radius 1 is 1.21 bits per heavy atom. The van der Waals surface area contributed by atoms with Gasteiger partial charge in [-0.15, -0.1) is 0 Å². The molecular formula is C14H21NO4. The molecule has 1 aromatic rings. The summed E-state index contributed by atoms with van der Waals surface area (Å²) in [4.78, 5) is 2.32. The smallest absolute Gasteiger partial charge is 0.200 e. The number of phenols is 1. The predicted octanol–water partition coefficient (Wildman–Crippen LogP) is 1.63. The van der Waals surface area contributed by atoms with E-state index in [0.717, 1.165) is 31.6 Å². The van der Waals surface area contributed by atoms with Crippen molar-refractivity contribution >= 4 is 0 Å². The molecule has 106 valence electrons. The topological polar surface area (TPSA) is 51.2 Å². The van der Waals surface area contributed by atoms with Crippen LogP contribution in [-0.2, 0) is 11.3 Å². The van der Waals surface area contributed by atoms with Gasteiger partial charge in [0, 0.05) is 26.7 Å². The number of phenolic OH excluding ortho intramolecular Hbond substituents is 1. The van der Waals surface area contributed by atoms with Crippen molar-refractivity contribution < 1.29 is 19.3 Å². The molecule has 0 bridgehead atoms. The van der Waals surface area contributed by atoms with Gasteiger partial charge in [-0.05, 0) is 24.1 Å². The highest BCUT2D eigenvalue weighted by Crippen LogP contribution is 2.37. The molecule has 1 N–H and O–H groups in total. The first kappa shape index (κ1) is 14.0. The van der Waals surface area contributed by atoms with Crippen molar-refractivity contribution in [3.8, 4) is 17.2 Å². The van der Waals surface area contributed by atoms with E-state index >= 15 is 0 Å². The summed E-state index contributed by atoms with van der Waals surface area (Å²) in [6, 6.07) is 3.69. The number of hydrogen-bond acceptors (Lipinski definition) is 5. The number of likely N-dealkylation sites (tertiary alicyclic amines) is 1. The summed E-state index contributed by atoms with van der Waals surface area (Å²) < 4.78 is 15.7. The Balaban J connectivity index is 2.12. The molecule has 1 saturated heterocycles. The van der Waals surface area contributed by atoms with Crippen LogP contribution in [0.1, 0.15) is 12.0 Å². The van der Waals surface area contributed by atoms with Crippen molar-refractivity contribution in [3.05, 3.63) is 17.7 Å². The van der Waals surface area contributed by atoms with Crippen LogP contribution in [0.3, 0.4) is 0 Å². The lowest BCUT2D eigenvalue weighted by molar-refractivity contribution is 0.107. The molecular weight excluding hydrogens is 246 g/mol. The summed E-state index contributed by atoms with van der Waals surface area (Å²) >= 11 is 0. The maximum absolute atomic E-state index is 9.87. The lowest BCUT2D eigenvalue weighted by Crippen LogP contribution is -2.22. The van der Waals surface area contributed by atoms with Gasteiger partial charge < -0.3 is 19.3 Å². The highest BCUT2D eigenvalue weighted by atomic mass is 16.5. The van der Waals surface area contributed by atoms with Gasteiger partial charge >= 0.3 is 0 Å². The summed E-state index contributed by atoms with van der Waals surface area (Å²) in [6.45, 7) is 2.75. The van der Waals surface area contributed by atoms with Gasteiger partial charge in [-0.25, -0.2) is 0 Å². The van der Waals surface area contributed by atoms with Crippen molar-refractivity contribution in [2.75, 3.05) is 34.4 Å². The zero-order chi connectivity index (χ0) is 13.8. The number of benzene rings is 1. The average Bonchev–Trinajstić information content (AvgIpc) is 2.88. The first-order chi connectivity index (χ1) is 9.17. The number of aromatic hydroxyl groups is 1. The van der Waals surface area contributed by atoms with Crippen LogP contribution in [0.2, 0.25) is 0 Å². The van der Waals surface area contributed by atoms with Crippen LogP contribution in [-0.4, -0.2) is 50.5 Å². The molecule has 1 aliphatic rings. The molecule has 0 aromatic heterocycles.